The van der Waals surface area contributed by atoms with Gasteiger partial charge in [-0.25, -0.2) is 0 Å². The average Bonchev–Trinajstić information content (AvgIpc) is 3.92. The Morgan fingerprint density at radius 2 is 1.02 bits per heavy atom. The average molecular weight is 819 g/mol. The maximum atomic E-state index is 16.2. The first-order valence-electron chi connectivity index (χ1n) is 21.1. The van der Waals surface area contributed by atoms with Crippen molar-refractivity contribution in [3.05, 3.63) is 230 Å². The van der Waals surface area contributed by atoms with Gasteiger partial charge in [0.05, 0.1) is 33.2 Å². The van der Waals surface area contributed by atoms with E-state index >= 15 is 4.57 Å². The molecule has 11 rings (SSSR count). The molecule has 3 heterocycles. The van der Waals surface area contributed by atoms with E-state index in [0.717, 1.165) is 68.0 Å². The molecule has 298 valence electrons. The first kappa shape index (κ1) is 37.4. The number of anilines is 4. The quantitative estimate of drug-likeness (QED) is 0.107. The van der Waals surface area contributed by atoms with Crippen LogP contribution in [0.5, 0.6) is 0 Å². The second-order valence-corrected chi connectivity index (χ2v) is 18.1. The number of nitrogens with zero attached hydrogens (tertiary/aromatic N) is 4. The van der Waals surface area contributed by atoms with Gasteiger partial charge in [0.2, 0.25) is 0 Å². The molecule has 6 heteroatoms. The van der Waals surface area contributed by atoms with Crippen molar-refractivity contribution in [2.45, 2.75) is 13.3 Å². The lowest BCUT2D eigenvalue weighted by Gasteiger charge is -2.33. The maximum Gasteiger partial charge on any atom is 0.301 e. The van der Waals surface area contributed by atoms with Crippen molar-refractivity contribution in [1.82, 2.24) is 9.13 Å². The van der Waals surface area contributed by atoms with E-state index in [2.05, 4.69) is 165 Å². The summed E-state index contributed by atoms with van der Waals surface area (Å²) >= 11 is 0. The molecule has 1 aliphatic rings. The van der Waals surface area contributed by atoms with Crippen molar-refractivity contribution in [3.8, 4) is 22.5 Å². The molecule has 10 aromatic rings. The minimum absolute atomic E-state index is 0.754. The number of hydrogen-bond acceptors (Lipinski definition) is 1. The lowest BCUT2D eigenvalue weighted by atomic mass is 9.99. The van der Waals surface area contributed by atoms with E-state index in [-0.39, 0.29) is 0 Å². The van der Waals surface area contributed by atoms with Gasteiger partial charge in [0.15, 0.2) is 0 Å². The Morgan fingerprint density at radius 1 is 0.484 bits per heavy atom. The van der Waals surface area contributed by atoms with E-state index in [1.54, 1.807) is 0 Å². The second-order valence-electron chi connectivity index (χ2n) is 15.7. The van der Waals surface area contributed by atoms with Crippen LogP contribution >= 0.6 is 7.44 Å². The van der Waals surface area contributed by atoms with Crippen molar-refractivity contribution in [3.63, 3.8) is 0 Å². The van der Waals surface area contributed by atoms with Crippen molar-refractivity contribution in [2.75, 3.05) is 9.34 Å². The summed E-state index contributed by atoms with van der Waals surface area (Å²) < 4.78 is 25.1. The van der Waals surface area contributed by atoms with Gasteiger partial charge in [0, 0.05) is 56.6 Å². The lowest BCUT2D eigenvalue weighted by Crippen LogP contribution is -2.26. The Balaban J connectivity index is 1.10. The Labute approximate surface area is 361 Å². The summed E-state index contributed by atoms with van der Waals surface area (Å²) in [7, 11) is -3.50. The Hall–Kier alpha value is -7.59. The zero-order chi connectivity index (χ0) is 41.8. The number of hydrogen-bond donors (Lipinski definition) is 0. The molecule has 0 radical (unpaired) electrons. The zero-order valence-corrected chi connectivity index (χ0v) is 35.2. The molecule has 0 saturated heterocycles. The normalized spacial score (nSPS) is 15.0. The van der Waals surface area contributed by atoms with Crippen LogP contribution in [0.15, 0.2) is 219 Å². The fourth-order valence-electron chi connectivity index (χ4n) is 9.50. The van der Waals surface area contributed by atoms with E-state index in [1.807, 2.05) is 84.9 Å². The van der Waals surface area contributed by atoms with Crippen LogP contribution in [0.3, 0.4) is 0 Å². The summed E-state index contributed by atoms with van der Waals surface area (Å²) in [5.74, 6) is 0. The summed E-state index contributed by atoms with van der Waals surface area (Å²) in [6.07, 6.45) is 7.10. The van der Waals surface area contributed by atoms with Crippen LogP contribution in [0.1, 0.15) is 18.2 Å². The highest BCUT2D eigenvalue weighted by Gasteiger charge is 2.49. The topological polar surface area (TPSA) is 33.4 Å². The van der Waals surface area contributed by atoms with Crippen LogP contribution in [0.25, 0.3) is 61.3 Å². The number of benzene rings is 8. The van der Waals surface area contributed by atoms with Gasteiger partial charge in [-0.1, -0.05) is 121 Å². The highest BCUT2D eigenvalue weighted by molar-refractivity contribution is 7.76. The van der Waals surface area contributed by atoms with Crippen LogP contribution in [-0.4, -0.2) is 9.13 Å². The first-order chi connectivity index (χ1) is 30.6. The fraction of sp³-hybridized carbons (Fsp3) is 0.0357. The monoisotopic (exact) mass is 818 g/mol. The summed E-state index contributed by atoms with van der Waals surface area (Å²) in [4.78, 5) is 0. The number of aromatic nitrogens is 2. The molecule has 0 fully saturated rings. The Morgan fingerprint density at radius 3 is 1.65 bits per heavy atom. The van der Waals surface area contributed by atoms with Crippen molar-refractivity contribution < 1.29 is 4.57 Å². The molecule has 1 aliphatic heterocycles. The molecule has 0 bridgehead atoms. The molecule has 1 atom stereocenters. The molecule has 1 unspecified atom stereocenters. The molecule has 8 aromatic carbocycles. The molecular weight excluding hydrogens is 776 g/mol. The first-order valence-corrected chi connectivity index (χ1v) is 22.7. The number of allylic oxidation sites excluding steroid dienone is 2. The molecule has 5 nitrogen and oxygen atoms in total. The second kappa shape index (κ2) is 15.1. The smallest absolute Gasteiger partial charge is 0.301 e. The van der Waals surface area contributed by atoms with E-state index in [1.165, 1.54) is 32.9 Å². The Bertz CT molecular complexity index is 3390. The predicted molar refractivity (Wildman–Crippen MR) is 263 cm³/mol. The molecular formula is C56H43N4OP. The van der Waals surface area contributed by atoms with Crippen LogP contribution in [0.2, 0.25) is 0 Å². The minimum Gasteiger partial charge on any atom is -0.313 e. The molecule has 0 N–H and O–H groups in total. The summed E-state index contributed by atoms with van der Waals surface area (Å²) in [5, 5.41) is 4.31. The standard InChI is InChI=1S/C56H43N4OP/c1-3-19-47-49-37-40(31-34-53(49)57(51(47)20-4-2)42-21-9-5-10-22-42)41-32-35-54-50(38-41)48-29-17-18-30-52(48)58(54)45-33-36-55-56(39-45)60(44-25-13-7-14-26-44)62(61,46-27-15-8-16-28-46)59(55)43-23-11-6-12-24-43/h3-19,21-39H,2,20H2,1H3/b19-3-. The van der Waals surface area contributed by atoms with E-state index in [9.17, 15) is 0 Å². The molecule has 0 amide bonds. The van der Waals surface area contributed by atoms with Gasteiger partial charge in [-0.05, 0) is 115 Å². The third-order valence-electron chi connectivity index (χ3n) is 12.1. The third kappa shape index (κ3) is 5.81. The van der Waals surface area contributed by atoms with E-state index < -0.39 is 7.44 Å². The zero-order valence-electron chi connectivity index (χ0n) is 34.3. The van der Waals surface area contributed by atoms with Gasteiger partial charge in [-0.2, -0.15) is 0 Å². The lowest BCUT2D eigenvalue weighted by molar-refractivity contribution is 0.582. The summed E-state index contributed by atoms with van der Waals surface area (Å²) in [6, 6.07) is 69.7. The van der Waals surface area contributed by atoms with Gasteiger partial charge in [-0.3, -0.25) is 13.9 Å². The van der Waals surface area contributed by atoms with Gasteiger partial charge < -0.3 is 9.13 Å². The van der Waals surface area contributed by atoms with Gasteiger partial charge in [0.1, 0.15) is 0 Å². The van der Waals surface area contributed by atoms with Gasteiger partial charge in [0.25, 0.3) is 0 Å². The largest absolute Gasteiger partial charge is 0.313 e. The predicted octanol–water partition coefficient (Wildman–Crippen LogP) is 15.0. The number of para-hydroxylation sites is 4. The summed E-state index contributed by atoms with van der Waals surface area (Å²) in [6.45, 7) is 6.20. The number of rotatable bonds is 9. The summed E-state index contributed by atoms with van der Waals surface area (Å²) in [5.41, 5.74) is 13.8. The third-order valence-corrected chi connectivity index (χ3v) is 15.1. The van der Waals surface area contributed by atoms with E-state index in [0.29, 0.717) is 0 Å². The fourth-order valence-corrected chi connectivity index (χ4v) is 12.5. The van der Waals surface area contributed by atoms with E-state index in [4.69, 9.17) is 0 Å². The van der Waals surface area contributed by atoms with Crippen molar-refractivity contribution in [2.24, 2.45) is 0 Å². The van der Waals surface area contributed by atoms with Crippen molar-refractivity contribution >= 4 is 74.3 Å². The molecule has 2 aromatic heterocycles. The van der Waals surface area contributed by atoms with Crippen LogP contribution < -0.4 is 14.6 Å². The van der Waals surface area contributed by atoms with Crippen molar-refractivity contribution in [1.29, 1.82) is 0 Å². The van der Waals surface area contributed by atoms with Crippen LogP contribution in [0.4, 0.5) is 22.7 Å². The van der Waals surface area contributed by atoms with Crippen LogP contribution in [-0.2, 0) is 11.0 Å². The van der Waals surface area contributed by atoms with Gasteiger partial charge >= 0.3 is 7.44 Å². The SMILES string of the molecule is C=CCc1c(/C=C\C)c2cc(-c3ccc4c(c3)c3ccccc3n4-c3ccc4c(c3)N(c3ccccc3)P(=O)(c3ccccc3)N4c3ccccc3)ccc2n1-c1ccccc1. The molecule has 0 aliphatic carbocycles. The maximum absolute atomic E-state index is 16.2. The highest BCUT2D eigenvalue weighted by atomic mass is 31.2. The minimum atomic E-state index is -3.50. The molecule has 62 heavy (non-hydrogen) atoms. The Kier molecular flexibility index (Phi) is 9.14. The van der Waals surface area contributed by atoms with Crippen LogP contribution in [0, 0.1) is 0 Å². The number of fused-ring (bicyclic) bond motifs is 5. The highest BCUT2D eigenvalue weighted by Crippen LogP contribution is 2.70. The van der Waals surface area contributed by atoms with Gasteiger partial charge in [-0.15, -0.1) is 6.58 Å². The molecule has 0 spiro atoms. The molecule has 0 saturated carbocycles.